The number of hydrogen-bond donors (Lipinski definition) is 1. The summed E-state index contributed by atoms with van der Waals surface area (Å²) >= 11 is 1.80. The molecule has 0 fully saturated rings. The number of benzene rings is 6. The highest BCUT2D eigenvalue weighted by atomic mass is 32.1. The van der Waals surface area contributed by atoms with Crippen molar-refractivity contribution in [2.75, 3.05) is 0 Å². The summed E-state index contributed by atoms with van der Waals surface area (Å²) < 4.78 is 4.67. The Morgan fingerprint density at radius 3 is 2.00 bits per heavy atom. The average molecular weight is 653 g/mol. The van der Waals surface area contributed by atoms with E-state index in [9.17, 15) is 0 Å². The molecule has 0 unspecified atom stereocenters. The molecule has 0 aliphatic heterocycles. The monoisotopic (exact) mass is 653 g/mol. The number of aromatic amines is 1. The van der Waals surface area contributed by atoms with Crippen molar-refractivity contribution in [3.05, 3.63) is 103 Å². The summed E-state index contributed by atoms with van der Waals surface area (Å²) in [5.74, 6) is 1.98. The third-order valence-electron chi connectivity index (χ3n) is 11.0. The van der Waals surface area contributed by atoms with Gasteiger partial charge in [0.2, 0.25) is 5.95 Å². The fourth-order valence-electron chi connectivity index (χ4n) is 8.05. The molecule has 0 aliphatic rings. The molecule has 0 saturated heterocycles. The zero-order valence-electron chi connectivity index (χ0n) is 28.5. The molecule has 10 rings (SSSR count). The highest BCUT2D eigenvalue weighted by Crippen LogP contribution is 2.41. The number of nitrogens with zero attached hydrogens (tertiary/aromatic N) is 4. The van der Waals surface area contributed by atoms with E-state index in [0.717, 1.165) is 38.6 Å². The predicted molar refractivity (Wildman–Crippen MR) is 228 cm³/mol. The van der Waals surface area contributed by atoms with Crippen LogP contribution in [0.25, 0.3) is 92.5 Å². The summed E-state index contributed by atoms with van der Waals surface area (Å²) in [6.45, 7) is 0. The summed E-state index contributed by atoms with van der Waals surface area (Å²) in [6.07, 6.45) is 0. The fraction of sp³-hybridized carbons (Fsp3) is 0. The van der Waals surface area contributed by atoms with Gasteiger partial charge in [-0.2, -0.15) is 9.97 Å². The number of hydrogen-bond acceptors (Lipinski definition) is 4. The van der Waals surface area contributed by atoms with Gasteiger partial charge in [-0.3, -0.25) is 4.57 Å². The number of thiophene rings is 1. The van der Waals surface area contributed by atoms with E-state index in [2.05, 4.69) is 152 Å². The molecule has 4 heterocycles. The van der Waals surface area contributed by atoms with Crippen molar-refractivity contribution < 1.29 is 0 Å². The average Bonchev–Trinajstić information content (AvgIpc) is 3.82. The molecule has 50 heavy (non-hydrogen) atoms. The van der Waals surface area contributed by atoms with Gasteiger partial charge in [0.15, 0.2) is 11.6 Å². The van der Waals surface area contributed by atoms with Gasteiger partial charge < -0.3 is 4.98 Å². The van der Waals surface area contributed by atoms with Gasteiger partial charge in [0.05, 0.1) is 16.6 Å². The summed E-state index contributed by atoms with van der Waals surface area (Å²) in [7, 11) is 11.0. The Morgan fingerprint density at radius 2 is 1.18 bits per heavy atom. The van der Waals surface area contributed by atoms with E-state index >= 15 is 0 Å². The second-order valence-electron chi connectivity index (χ2n) is 13.5. The van der Waals surface area contributed by atoms with Gasteiger partial charge in [0, 0.05) is 58.4 Å². The lowest BCUT2D eigenvalue weighted by Crippen LogP contribution is -2.55. The van der Waals surface area contributed by atoms with Crippen molar-refractivity contribution in [2.24, 2.45) is 0 Å². The van der Waals surface area contributed by atoms with Gasteiger partial charge in [0.1, 0.15) is 39.2 Å². The van der Waals surface area contributed by atoms with Crippen molar-refractivity contribution in [1.29, 1.82) is 0 Å². The molecule has 0 atom stereocenters. The summed E-state index contributed by atoms with van der Waals surface area (Å²) in [5, 5.41) is 7.23. The summed E-state index contributed by atoms with van der Waals surface area (Å²) in [5.41, 5.74) is 12.7. The molecule has 230 valence electrons. The second-order valence-corrected chi connectivity index (χ2v) is 14.5. The molecular weight excluding hydrogens is 625 g/mol. The summed E-state index contributed by atoms with van der Waals surface area (Å²) in [6, 6.07) is 36.7. The standard InChI is InChI=1S/C39H28B5N5S/c40-30-29(31(41)33(43)34(44)32(30)42)38-46-37(23-12-7-11-21-19-9-3-6-15-27(19)50-36(21)23)47-39(48-38)49-25-14-5-2-10-22(25)28-26(49)17-16-20-18-8-1-4-13-24(18)45-35(20)28/h1-17,45H,40-44H2. The van der Waals surface area contributed by atoms with Crippen LogP contribution < -0.4 is 27.3 Å². The van der Waals surface area contributed by atoms with Crippen LogP contribution in [0.4, 0.5) is 0 Å². The van der Waals surface area contributed by atoms with Crippen molar-refractivity contribution in [3.8, 4) is 28.7 Å². The minimum Gasteiger partial charge on any atom is -0.354 e. The Kier molecular flexibility index (Phi) is 6.31. The van der Waals surface area contributed by atoms with E-state index in [4.69, 9.17) is 15.0 Å². The van der Waals surface area contributed by atoms with E-state index < -0.39 is 0 Å². The lowest BCUT2D eigenvalue weighted by molar-refractivity contribution is 0.956. The van der Waals surface area contributed by atoms with Crippen LogP contribution in [0.3, 0.4) is 0 Å². The maximum absolute atomic E-state index is 5.39. The first-order valence-corrected chi connectivity index (χ1v) is 17.9. The zero-order valence-corrected chi connectivity index (χ0v) is 29.3. The molecule has 0 saturated carbocycles. The topological polar surface area (TPSA) is 59.4 Å². The normalized spacial score (nSPS) is 12.0. The van der Waals surface area contributed by atoms with Crippen molar-refractivity contribution in [1.82, 2.24) is 24.5 Å². The molecule has 0 spiro atoms. The Labute approximate surface area is 296 Å². The van der Waals surface area contributed by atoms with Crippen LogP contribution in [0.2, 0.25) is 0 Å². The number of rotatable bonds is 3. The minimum atomic E-state index is 0.611. The molecule has 1 N–H and O–H groups in total. The van der Waals surface area contributed by atoms with Gasteiger partial charge in [-0.15, -0.1) is 27.7 Å². The van der Waals surface area contributed by atoms with Crippen molar-refractivity contribution in [3.63, 3.8) is 0 Å². The predicted octanol–water partition coefficient (Wildman–Crippen LogP) is 1.60. The number of para-hydroxylation sites is 2. The van der Waals surface area contributed by atoms with Crippen LogP contribution >= 0.6 is 11.3 Å². The summed E-state index contributed by atoms with van der Waals surface area (Å²) in [4.78, 5) is 19.9. The molecule has 4 aromatic heterocycles. The van der Waals surface area contributed by atoms with Crippen LogP contribution in [0.1, 0.15) is 0 Å². The Bertz CT molecular complexity index is 3040. The van der Waals surface area contributed by atoms with Crippen LogP contribution in [-0.4, -0.2) is 63.7 Å². The van der Waals surface area contributed by atoms with Crippen LogP contribution in [0.15, 0.2) is 103 Å². The van der Waals surface area contributed by atoms with Crippen LogP contribution in [0, 0.1) is 0 Å². The maximum Gasteiger partial charge on any atom is 0.238 e. The van der Waals surface area contributed by atoms with Crippen molar-refractivity contribution in [2.45, 2.75) is 0 Å². The molecule has 11 heteroatoms. The highest BCUT2D eigenvalue weighted by Gasteiger charge is 2.23. The Balaban J connectivity index is 1.34. The first kappa shape index (κ1) is 29.4. The maximum atomic E-state index is 5.39. The van der Waals surface area contributed by atoms with E-state index in [-0.39, 0.29) is 0 Å². The van der Waals surface area contributed by atoms with Gasteiger partial charge in [-0.05, 0) is 30.3 Å². The largest absolute Gasteiger partial charge is 0.354 e. The quantitative estimate of drug-likeness (QED) is 0.295. The second kappa shape index (κ2) is 10.7. The van der Waals surface area contributed by atoms with Crippen LogP contribution in [0.5, 0.6) is 0 Å². The van der Waals surface area contributed by atoms with Crippen LogP contribution in [-0.2, 0) is 0 Å². The molecule has 0 radical (unpaired) electrons. The smallest absolute Gasteiger partial charge is 0.238 e. The molecule has 5 nitrogen and oxygen atoms in total. The number of H-pyrrole nitrogens is 1. The molecule has 0 bridgehead atoms. The molecule has 0 amide bonds. The highest BCUT2D eigenvalue weighted by molar-refractivity contribution is 7.26. The lowest BCUT2D eigenvalue weighted by atomic mass is 9.60. The van der Waals surface area contributed by atoms with Gasteiger partial charge in [-0.1, -0.05) is 83.7 Å². The van der Waals surface area contributed by atoms with E-state index in [1.807, 2.05) is 0 Å². The fourth-order valence-corrected chi connectivity index (χ4v) is 9.26. The first-order valence-electron chi connectivity index (χ1n) is 17.1. The SMILES string of the molecule is Bc1c(B)c(B)c(-c2nc(-c3cccc4c3sc3ccccc34)nc(-n3c4ccccc4c4c5[nH]c6ccccc6c5ccc43)n2)c(B)c1B. The molecular formula is C39H28B5N5S. The molecule has 0 aliphatic carbocycles. The zero-order chi connectivity index (χ0) is 33.8. The number of nitrogens with one attached hydrogen (secondary N) is 1. The van der Waals surface area contributed by atoms with Gasteiger partial charge in [0.25, 0.3) is 0 Å². The van der Waals surface area contributed by atoms with E-state index in [1.54, 1.807) is 11.3 Å². The van der Waals surface area contributed by atoms with E-state index in [0.29, 0.717) is 17.6 Å². The Hall–Kier alpha value is -5.53. The first-order chi connectivity index (χ1) is 24.4. The lowest BCUT2D eigenvalue weighted by Gasteiger charge is -2.20. The van der Waals surface area contributed by atoms with Gasteiger partial charge in [-0.25, -0.2) is 4.98 Å². The number of aromatic nitrogens is 5. The number of fused-ring (bicyclic) bond motifs is 10. The third-order valence-corrected chi connectivity index (χ3v) is 12.2. The van der Waals surface area contributed by atoms with Crippen molar-refractivity contribution >= 4 is 142 Å². The van der Waals surface area contributed by atoms with E-state index in [1.165, 1.54) is 63.6 Å². The third kappa shape index (κ3) is 4.04. The minimum absolute atomic E-state index is 0.611. The Morgan fingerprint density at radius 1 is 0.520 bits per heavy atom. The van der Waals surface area contributed by atoms with Gasteiger partial charge >= 0.3 is 0 Å². The molecule has 10 aromatic rings. The molecule has 6 aromatic carbocycles.